The third-order valence-corrected chi connectivity index (χ3v) is 3.50. The molecule has 0 fully saturated rings. The van der Waals surface area contributed by atoms with Crippen LogP contribution in [0.15, 0.2) is 52.2 Å². The van der Waals surface area contributed by atoms with Gasteiger partial charge < -0.3 is 0 Å². The van der Waals surface area contributed by atoms with E-state index in [1.807, 2.05) is 24.3 Å². The molecule has 2 aromatic rings. The molecule has 0 N–H and O–H groups in total. The molecule has 3 nitrogen and oxygen atoms in total. The van der Waals surface area contributed by atoms with E-state index in [0.29, 0.717) is 11.4 Å². The molecule has 0 saturated carbocycles. The monoisotopic (exact) mass is 308 g/mol. The summed E-state index contributed by atoms with van der Waals surface area (Å²) in [6.07, 6.45) is 4.57. The third kappa shape index (κ3) is 3.64. The van der Waals surface area contributed by atoms with Crippen molar-refractivity contribution in [3.05, 3.63) is 53.0 Å². The minimum atomic E-state index is -0.0110. The highest BCUT2D eigenvalue weighted by molar-refractivity contribution is 9.10. The molecule has 1 aromatic heterocycles. The lowest BCUT2D eigenvalue weighted by Crippen LogP contribution is -2.05. The highest BCUT2D eigenvalue weighted by Gasteiger charge is 2.07. The van der Waals surface area contributed by atoms with Crippen LogP contribution in [-0.2, 0) is 0 Å². The second-order valence-electron chi connectivity index (χ2n) is 3.26. The fourth-order valence-electron chi connectivity index (χ4n) is 1.22. The SMILES string of the molecule is O=C(CSc1cccc(Br)c1)c1cnccn1. The molecule has 86 valence electrons. The van der Waals surface area contributed by atoms with Crippen LogP contribution < -0.4 is 0 Å². The lowest BCUT2D eigenvalue weighted by Gasteiger charge is -2.01. The van der Waals surface area contributed by atoms with Gasteiger partial charge in [0.2, 0.25) is 0 Å². The second kappa shape index (κ2) is 5.93. The summed E-state index contributed by atoms with van der Waals surface area (Å²) in [7, 11) is 0. The number of benzene rings is 1. The normalized spacial score (nSPS) is 10.2. The van der Waals surface area contributed by atoms with Crippen LogP contribution >= 0.6 is 27.7 Å². The summed E-state index contributed by atoms with van der Waals surface area (Å²) in [5.41, 5.74) is 0.412. The Morgan fingerprint density at radius 1 is 1.35 bits per heavy atom. The number of rotatable bonds is 4. The van der Waals surface area contributed by atoms with Crippen LogP contribution in [0.5, 0.6) is 0 Å². The van der Waals surface area contributed by atoms with Gasteiger partial charge in [0.15, 0.2) is 5.78 Å². The minimum absolute atomic E-state index is 0.0110. The first-order valence-corrected chi connectivity index (χ1v) is 6.71. The van der Waals surface area contributed by atoms with Gasteiger partial charge in [-0.25, -0.2) is 4.98 Å². The minimum Gasteiger partial charge on any atom is -0.291 e. The van der Waals surface area contributed by atoms with Crippen LogP contribution in [0, 0.1) is 0 Å². The van der Waals surface area contributed by atoms with E-state index >= 15 is 0 Å². The number of aromatic nitrogens is 2. The number of halogens is 1. The number of carbonyl (C=O) groups is 1. The summed E-state index contributed by atoms with van der Waals surface area (Å²) >= 11 is 4.88. The molecule has 0 aliphatic heterocycles. The van der Waals surface area contributed by atoms with Crippen molar-refractivity contribution < 1.29 is 4.79 Å². The highest BCUT2D eigenvalue weighted by Crippen LogP contribution is 2.22. The van der Waals surface area contributed by atoms with Crippen molar-refractivity contribution >= 4 is 33.5 Å². The van der Waals surface area contributed by atoms with Crippen LogP contribution in [0.25, 0.3) is 0 Å². The second-order valence-corrected chi connectivity index (χ2v) is 5.22. The highest BCUT2D eigenvalue weighted by atomic mass is 79.9. The molecule has 17 heavy (non-hydrogen) atoms. The van der Waals surface area contributed by atoms with Crippen molar-refractivity contribution in [1.82, 2.24) is 9.97 Å². The molecule has 0 aliphatic rings. The number of hydrogen-bond donors (Lipinski definition) is 0. The predicted molar refractivity (Wildman–Crippen MR) is 71.2 cm³/mol. The zero-order valence-corrected chi connectivity index (χ0v) is 11.2. The summed E-state index contributed by atoms with van der Waals surface area (Å²) in [6, 6.07) is 7.85. The van der Waals surface area contributed by atoms with Crippen LogP contribution in [-0.4, -0.2) is 21.5 Å². The summed E-state index contributed by atoms with van der Waals surface area (Å²) in [5.74, 6) is 0.359. The number of thioether (sulfide) groups is 1. The fourth-order valence-corrected chi connectivity index (χ4v) is 2.60. The van der Waals surface area contributed by atoms with Gasteiger partial charge in [0.05, 0.1) is 11.9 Å². The average Bonchev–Trinajstić information content (AvgIpc) is 2.37. The van der Waals surface area contributed by atoms with Gasteiger partial charge in [0, 0.05) is 21.8 Å². The molecule has 1 aromatic carbocycles. The molecule has 0 atom stereocenters. The summed E-state index contributed by atoms with van der Waals surface area (Å²) < 4.78 is 1.01. The lowest BCUT2D eigenvalue weighted by atomic mass is 10.3. The number of Topliss-reactive ketones (excluding diaryl/α,β-unsaturated/α-hetero) is 1. The summed E-state index contributed by atoms with van der Waals surface area (Å²) in [5, 5.41) is 0. The average molecular weight is 309 g/mol. The van der Waals surface area contributed by atoms with Crippen molar-refractivity contribution in [3.63, 3.8) is 0 Å². The Morgan fingerprint density at radius 2 is 2.24 bits per heavy atom. The standard InChI is InChI=1S/C12H9BrN2OS/c13-9-2-1-3-10(6-9)17-8-12(16)11-7-14-4-5-15-11/h1-7H,8H2. The summed E-state index contributed by atoms with van der Waals surface area (Å²) in [6.45, 7) is 0. The van der Waals surface area contributed by atoms with E-state index in [1.54, 1.807) is 6.20 Å². The van der Waals surface area contributed by atoms with Gasteiger partial charge in [0.1, 0.15) is 5.69 Å². The smallest absolute Gasteiger partial charge is 0.192 e. The Hall–Kier alpha value is -1.20. The number of ketones is 1. The number of hydrogen-bond acceptors (Lipinski definition) is 4. The molecule has 0 spiro atoms. The van der Waals surface area contributed by atoms with Crippen LogP contribution in [0.3, 0.4) is 0 Å². The Labute approximate surface area is 112 Å². The molecular formula is C12H9BrN2OS. The van der Waals surface area contributed by atoms with Crippen molar-refractivity contribution in [2.24, 2.45) is 0 Å². The molecule has 0 aliphatic carbocycles. The molecule has 0 radical (unpaired) electrons. The molecular weight excluding hydrogens is 300 g/mol. The Bertz CT molecular complexity index is 519. The molecule has 0 saturated heterocycles. The zero-order valence-electron chi connectivity index (χ0n) is 8.84. The fraction of sp³-hybridized carbons (Fsp3) is 0.0833. The zero-order chi connectivity index (χ0) is 12.1. The van der Waals surface area contributed by atoms with Crippen LogP contribution in [0.4, 0.5) is 0 Å². The lowest BCUT2D eigenvalue weighted by molar-refractivity contribution is 0.101. The number of carbonyl (C=O) groups excluding carboxylic acids is 1. The van der Waals surface area contributed by atoms with Gasteiger partial charge in [-0.2, -0.15) is 0 Å². The van der Waals surface area contributed by atoms with Crippen LogP contribution in [0.2, 0.25) is 0 Å². The maximum absolute atomic E-state index is 11.8. The van der Waals surface area contributed by atoms with E-state index in [1.165, 1.54) is 24.2 Å². The van der Waals surface area contributed by atoms with Gasteiger partial charge in [-0.15, -0.1) is 11.8 Å². The van der Waals surface area contributed by atoms with Crippen molar-refractivity contribution in [2.75, 3.05) is 5.75 Å². The van der Waals surface area contributed by atoms with Crippen molar-refractivity contribution in [2.45, 2.75) is 4.90 Å². The maximum atomic E-state index is 11.8. The van der Waals surface area contributed by atoms with Crippen molar-refractivity contribution in [3.8, 4) is 0 Å². The van der Waals surface area contributed by atoms with Gasteiger partial charge >= 0.3 is 0 Å². The largest absolute Gasteiger partial charge is 0.291 e. The Kier molecular flexibility index (Phi) is 4.28. The van der Waals surface area contributed by atoms with Crippen molar-refractivity contribution in [1.29, 1.82) is 0 Å². The molecule has 2 rings (SSSR count). The third-order valence-electron chi connectivity index (χ3n) is 2.01. The predicted octanol–water partition coefficient (Wildman–Crippen LogP) is 3.21. The quantitative estimate of drug-likeness (QED) is 0.642. The first-order chi connectivity index (χ1) is 8.25. The van der Waals surface area contributed by atoms with Gasteiger partial charge in [-0.3, -0.25) is 9.78 Å². The maximum Gasteiger partial charge on any atom is 0.192 e. The topological polar surface area (TPSA) is 42.9 Å². The molecule has 1 heterocycles. The van der Waals surface area contributed by atoms with Gasteiger partial charge in [0.25, 0.3) is 0 Å². The van der Waals surface area contributed by atoms with E-state index in [-0.39, 0.29) is 5.78 Å². The van der Waals surface area contributed by atoms with Gasteiger partial charge in [-0.1, -0.05) is 22.0 Å². The molecule has 0 unspecified atom stereocenters. The Balaban J connectivity index is 1.97. The Morgan fingerprint density at radius 3 is 2.94 bits per heavy atom. The van der Waals surface area contributed by atoms with Gasteiger partial charge in [-0.05, 0) is 18.2 Å². The van der Waals surface area contributed by atoms with E-state index in [4.69, 9.17) is 0 Å². The number of nitrogens with zero attached hydrogens (tertiary/aromatic N) is 2. The molecule has 0 bridgehead atoms. The van der Waals surface area contributed by atoms with E-state index in [2.05, 4.69) is 25.9 Å². The molecule has 5 heteroatoms. The van der Waals surface area contributed by atoms with E-state index < -0.39 is 0 Å². The van der Waals surface area contributed by atoms with E-state index in [0.717, 1.165) is 9.37 Å². The van der Waals surface area contributed by atoms with Crippen LogP contribution in [0.1, 0.15) is 10.5 Å². The first kappa shape index (κ1) is 12.3. The molecule has 0 amide bonds. The van der Waals surface area contributed by atoms with E-state index in [9.17, 15) is 4.79 Å². The summed E-state index contributed by atoms with van der Waals surface area (Å²) in [4.78, 5) is 20.7. The first-order valence-electron chi connectivity index (χ1n) is 4.93.